The Morgan fingerprint density at radius 1 is 1.73 bits per heavy atom. The molecule has 0 aromatic carbocycles. The van der Waals surface area contributed by atoms with E-state index in [-0.39, 0.29) is 0 Å². The number of aryl methyl sites for hydroxylation is 1. The van der Waals surface area contributed by atoms with Gasteiger partial charge in [0.1, 0.15) is 11.6 Å². The number of rotatable bonds is 1. The minimum Gasteiger partial charge on any atom is -0.480 e. The SMILES string of the molecule is COc1n[c]c(C)cc1C#N. The summed E-state index contributed by atoms with van der Waals surface area (Å²) in [4.78, 5) is 3.80. The van der Waals surface area contributed by atoms with Crippen LogP contribution in [0, 0.1) is 24.5 Å². The first-order chi connectivity index (χ1) is 5.27. The summed E-state index contributed by atoms with van der Waals surface area (Å²) >= 11 is 0. The maximum absolute atomic E-state index is 8.59. The predicted octanol–water partition coefficient (Wildman–Crippen LogP) is 1.07. The summed E-state index contributed by atoms with van der Waals surface area (Å²) in [6.45, 7) is 1.83. The molecular weight excluding hydrogens is 140 g/mol. The average molecular weight is 147 g/mol. The summed E-state index contributed by atoms with van der Waals surface area (Å²) in [6, 6.07) is 3.67. The Labute approximate surface area is 65.3 Å². The first-order valence-electron chi connectivity index (χ1n) is 3.11. The quantitative estimate of drug-likeness (QED) is 0.596. The highest BCUT2D eigenvalue weighted by Gasteiger charge is 2.02. The summed E-state index contributed by atoms with van der Waals surface area (Å²) in [5.41, 5.74) is 1.28. The predicted molar refractivity (Wildman–Crippen MR) is 39.1 cm³/mol. The zero-order chi connectivity index (χ0) is 8.27. The van der Waals surface area contributed by atoms with Gasteiger partial charge in [0.2, 0.25) is 5.88 Å². The van der Waals surface area contributed by atoms with E-state index >= 15 is 0 Å². The Morgan fingerprint density at radius 2 is 2.45 bits per heavy atom. The van der Waals surface area contributed by atoms with E-state index < -0.39 is 0 Å². The Balaban J connectivity index is 3.19. The maximum atomic E-state index is 8.59. The summed E-state index contributed by atoms with van der Waals surface area (Å²) < 4.78 is 4.83. The van der Waals surface area contributed by atoms with Gasteiger partial charge in [-0.25, -0.2) is 4.98 Å². The molecule has 0 aliphatic carbocycles. The number of ether oxygens (including phenoxy) is 1. The number of methoxy groups -OCH3 is 1. The van der Waals surface area contributed by atoms with Crippen LogP contribution in [0.25, 0.3) is 0 Å². The van der Waals surface area contributed by atoms with Crippen molar-refractivity contribution in [2.24, 2.45) is 0 Å². The molecule has 3 heteroatoms. The molecule has 0 fully saturated rings. The third-order valence-electron chi connectivity index (χ3n) is 1.24. The third-order valence-corrected chi connectivity index (χ3v) is 1.24. The van der Waals surface area contributed by atoms with Crippen LogP contribution < -0.4 is 4.74 Å². The Morgan fingerprint density at radius 3 is 3.00 bits per heavy atom. The van der Waals surface area contributed by atoms with E-state index in [1.807, 2.05) is 13.0 Å². The standard InChI is InChI=1S/C8H7N2O/c1-6-3-7(4-9)8(11-2)10-5-6/h3H,1-2H3. The van der Waals surface area contributed by atoms with E-state index in [0.717, 1.165) is 5.56 Å². The van der Waals surface area contributed by atoms with Crippen LogP contribution in [0.15, 0.2) is 6.07 Å². The fraction of sp³-hybridized carbons (Fsp3) is 0.250. The number of pyridine rings is 1. The van der Waals surface area contributed by atoms with Crippen LogP contribution in [-0.4, -0.2) is 12.1 Å². The van der Waals surface area contributed by atoms with Gasteiger partial charge in [0, 0.05) is 0 Å². The number of nitriles is 1. The zero-order valence-electron chi connectivity index (χ0n) is 6.38. The Hall–Kier alpha value is -1.56. The first-order valence-corrected chi connectivity index (χ1v) is 3.11. The van der Waals surface area contributed by atoms with Crippen molar-refractivity contribution in [1.29, 1.82) is 5.26 Å². The highest BCUT2D eigenvalue weighted by atomic mass is 16.5. The number of hydrogen-bond acceptors (Lipinski definition) is 3. The van der Waals surface area contributed by atoms with Crippen LogP contribution >= 0.6 is 0 Å². The van der Waals surface area contributed by atoms with Crippen molar-refractivity contribution in [2.45, 2.75) is 6.92 Å². The minimum absolute atomic E-state index is 0.332. The molecule has 0 amide bonds. The molecule has 1 heterocycles. The van der Waals surface area contributed by atoms with E-state index in [1.165, 1.54) is 7.11 Å². The number of nitrogens with zero attached hydrogens (tertiary/aromatic N) is 2. The average Bonchev–Trinajstić information content (AvgIpc) is 2.04. The van der Waals surface area contributed by atoms with Crippen LogP contribution in [-0.2, 0) is 0 Å². The second-order valence-electron chi connectivity index (χ2n) is 2.09. The summed E-state index contributed by atoms with van der Waals surface area (Å²) in [7, 11) is 1.48. The van der Waals surface area contributed by atoms with Gasteiger partial charge in [0.15, 0.2) is 0 Å². The van der Waals surface area contributed by atoms with Crippen molar-refractivity contribution in [3.8, 4) is 11.9 Å². The van der Waals surface area contributed by atoms with E-state index in [1.54, 1.807) is 6.07 Å². The largest absolute Gasteiger partial charge is 0.480 e. The molecule has 55 valence electrons. The van der Waals surface area contributed by atoms with Gasteiger partial charge in [0.05, 0.1) is 13.3 Å². The van der Waals surface area contributed by atoms with Gasteiger partial charge < -0.3 is 4.74 Å². The van der Waals surface area contributed by atoms with Crippen molar-refractivity contribution in [3.05, 3.63) is 23.4 Å². The lowest BCUT2D eigenvalue weighted by molar-refractivity contribution is 0.396. The van der Waals surface area contributed by atoms with Crippen molar-refractivity contribution in [1.82, 2.24) is 4.98 Å². The highest BCUT2D eigenvalue weighted by Crippen LogP contribution is 2.13. The normalized spacial score (nSPS) is 8.82. The van der Waals surface area contributed by atoms with Gasteiger partial charge in [-0.1, -0.05) is 0 Å². The first kappa shape index (κ1) is 7.55. The maximum Gasteiger partial charge on any atom is 0.232 e. The molecular formula is C8H7N2O. The monoisotopic (exact) mass is 147 g/mol. The molecule has 1 aromatic heterocycles. The second kappa shape index (κ2) is 3.02. The number of hydrogen-bond donors (Lipinski definition) is 0. The molecule has 1 rings (SSSR count). The molecule has 1 aromatic rings. The Kier molecular flexibility index (Phi) is 2.07. The van der Waals surface area contributed by atoms with Crippen LogP contribution in [0.4, 0.5) is 0 Å². The molecule has 0 unspecified atom stereocenters. The van der Waals surface area contributed by atoms with Crippen LogP contribution in [0.3, 0.4) is 0 Å². The molecule has 11 heavy (non-hydrogen) atoms. The molecule has 0 N–H and O–H groups in total. The van der Waals surface area contributed by atoms with Gasteiger partial charge in [-0.05, 0) is 18.6 Å². The third kappa shape index (κ3) is 1.47. The highest BCUT2D eigenvalue weighted by molar-refractivity contribution is 5.39. The van der Waals surface area contributed by atoms with Gasteiger partial charge in [0.25, 0.3) is 0 Å². The summed E-state index contributed by atoms with van der Waals surface area (Å²) in [5.74, 6) is 0.332. The number of aromatic nitrogens is 1. The Bertz CT molecular complexity index is 301. The van der Waals surface area contributed by atoms with E-state index in [4.69, 9.17) is 10.00 Å². The second-order valence-corrected chi connectivity index (χ2v) is 2.09. The van der Waals surface area contributed by atoms with Gasteiger partial charge in [-0.3, -0.25) is 0 Å². The van der Waals surface area contributed by atoms with Gasteiger partial charge in [-0.2, -0.15) is 5.26 Å². The van der Waals surface area contributed by atoms with Crippen LogP contribution in [0.5, 0.6) is 5.88 Å². The lowest BCUT2D eigenvalue weighted by atomic mass is 10.2. The molecule has 0 saturated heterocycles. The zero-order valence-corrected chi connectivity index (χ0v) is 6.38. The van der Waals surface area contributed by atoms with Gasteiger partial charge >= 0.3 is 0 Å². The summed E-state index contributed by atoms with van der Waals surface area (Å²) in [6.07, 6.45) is 2.70. The minimum atomic E-state index is 0.332. The van der Waals surface area contributed by atoms with Crippen molar-refractivity contribution in [3.63, 3.8) is 0 Å². The fourth-order valence-electron chi connectivity index (χ4n) is 0.745. The topological polar surface area (TPSA) is 45.9 Å². The van der Waals surface area contributed by atoms with E-state index in [0.29, 0.717) is 11.4 Å². The van der Waals surface area contributed by atoms with E-state index in [2.05, 4.69) is 11.2 Å². The summed E-state index contributed by atoms with van der Waals surface area (Å²) in [5, 5.41) is 8.59. The van der Waals surface area contributed by atoms with Gasteiger partial charge in [-0.15, -0.1) is 0 Å². The van der Waals surface area contributed by atoms with Crippen molar-refractivity contribution < 1.29 is 4.74 Å². The van der Waals surface area contributed by atoms with Crippen molar-refractivity contribution in [2.75, 3.05) is 7.11 Å². The molecule has 3 nitrogen and oxygen atoms in total. The molecule has 0 atom stereocenters. The molecule has 0 saturated carbocycles. The lowest BCUT2D eigenvalue weighted by Crippen LogP contribution is -1.92. The fourth-order valence-corrected chi connectivity index (χ4v) is 0.745. The molecule has 0 spiro atoms. The van der Waals surface area contributed by atoms with Crippen LogP contribution in [0.2, 0.25) is 0 Å². The van der Waals surface area contributed by atoms with E-state index in [9.17, 15) is 0 Å². The smallest absolute Gasteiger partial charge is 0.232 e. The lowest BCUT2D eigenvalue weighted by Gasteiger charge is -1.99. The molecule has 0 aliphatic rings. The molecule has 1 radical (unpaired) electrons. The van der Waals surface area contributed by atoms with Crippen molar-refractivity contribution >= 4 is 0 Å². The molecule has 0 aliphatic heterocycles. The molecule has 0 bridgehead atoms. The van der Waals surface area contributed by atoms with Crippen LogP contribution in [0.1, 0.15) is 11.1 Å².